The van der Waals surface area contributed by atoms with Crippen LogP contribution in [0.25, 0.3) is 11.3 Å². The van der Waals surface area contributed by atoms with Crippen LogP contribution < -0.4 is 4.68 Å². The highest BCUT2D eigenvalue weighted by Gasteiger charge is 2.10. The summed E-state index contributed by atoms with van der Waals surface area (Å²) in [5.74, 6) is -0.510. The molecule has 0 radical (unpaired) electrons. The first-order valence-corrected chi connectivity index (χ1v) is 7.79. The van der Waals surface area contributed by atoms with Crippen molar-refractivity contribution in [2.24, 2.45) is 0 Å². The van der Waals surface area contributed by atoms with Gasteiger partial charge >= 0.3 is 0 Å². The molecular formula is C11H9Cl2N3O3S. The number of halogens is 2. The maximum Gasteiger partial charge on any atom is 0.197 e. The van der Waals surface area contributed by atoms with E-state index in [1.165, 1.54) is 17.1 Å². The Balaban J connectivity index is 2.19. The normalized spacial score (nSPS) is 11.6. The molecule has 2 rings (SSSR count). The molecule has 0 aromatic carbocycles. The van der Waals surface area contributed by atoms with Gasteiger partial charge in [-0.1, -0.05) is 27.9 Å². The molecule has 0 amide bonds. The van der Waals surface area contributed by atoms with Crippen molar-refractivity contribution in [2.45, 2.75) is 6.54 Å². The van der Waals surface area contributed by atoms with Crippen molar-refractivity contribution in [3.05, 3.63) is 40.8 Å². The van der Waals surface area contributed by atoms with Crippen molar-refractivity contribution < 1.29 is 17.7 Å². The van der Waals surface area contributed by atoms with Gasteiger partial charge < -0.3 is 4.55 Å². The Labute approximate surface area is 125 Å². The van der Waals surface area contributed by atoms with Gasteiger partial charge in [0.05, 0.1) is 21.5 Å². The molecule has 9 heteroatoms. The molecule has 20 heavy (non-hydrogen) atoms. The van der Waals surface area contributed by atoms with Crippen molar-refractivity contribution >= 4 is 33.3 Å². The van der Waals surface area contributed by atoms with E-state index < -0.39 is 15.9 Å². The Morgan fingerprint density at radius 1 is 1.30 bits per heavy atom. The third-order valence-electron chi connectivity index (χ3n) is 2.42. The van der Waals surface area contributed by atoms with Gasteiger partial charge in [-0.3, -0.25) is 4.98 Å². The minimum Gasteiger partial charge on any atom is -0.748 e. The zero-order valence-electron chi connectivity index (χ0n) is 10.0. The van der Waals surface area contributed by atoms with Crippen LogP contribution >= 0.6 is 23.2 Å². The first kappa shape index (κ1) is 15.1. The molecule has 0 saturated heterocycles. The Morgan fingerprint density at radius 2 is 2.05 bits per heavy atom. The van der Waals surface area contributed by atoms with E-state index in [0.29, 0.717) is 21.3 Å². The second kappa shape index (κ2) is 6.01. The van der Waals surface area contributed by atoms with Gasteiger partial charge in [0.1, 0.15) is 16.3 Å². The summed E-state index contributed by atoms with van der Waals surface area (Å²) in [5.41, 5.74) is 1.18. The lowest BCUT2D eigenvalue weighted by molar-refractivity contribution is -0.750. The van der Waals surface area contributed by atoms with Crippen LogP contribution in [0.15, 0.2) is 30.7 Å². The van der Waals surface area contributed by atoms with Crippen molar-refractivity contribution in [3.63, 3.8) is 0 Å². The predicted molar refractivity (Wildman–Crippen MR) is 72.2 cm³/mol. The van der Waals surface area contributed by atoms with E-state index in [4.69, 9.17) is 23.2 Å². The zero-order chi connectivity index (χ0) is 14.8. The molecule has 0 atom stereocenters. The van der Waals surface area contributed by atoms with E-state index >= 15 is 0 Å². The van der Waals surface area contributed by atoms with Crippen LogP contribution in [0.2, 0.25) is 10.0 Å². The molecule has 0 aliphatic rings. The summed E-state index contributed by atoms with van der Waals surface area (Å²) >= 11 is 11.8. The maximum atomic E-state index is 10.5. The fourth-order valence-corrected chi connectivity index (χ4v) is 2.39. The maximum absolute atomic E-state index is 10.5. The molecule has 0 aliphatic carbocycles. The minimum atomic E-state index is -4.26. The van der Waals surface area contributed by atoms with Gasteiger partial charge in [-0.05, 0) is 11.2 Å². The van der Waals surface area contributed by atoms with Gasteiger partial charge in [0.25, 0.3) is 0 Å². The number of hydrogen-bond acceptors (Lipinski definition) is 5. The number of nitrogens with zero attached hydrogens (tertiary/aromatic N) is 3. The van der Waals surface area contributed by atoms with Crippen molar-refractivity contribution in [3.8, 4) is 11.3 Å². The van der Waals surface area contributed by atoms with Gasteiger partial charge in [0.15, 0.2) is 12.7 Å². The first-order chi connectivity index (χ1) is 9.35. The second-order valence-electron chi connectivity index (χ2n) is 3.92. The molecule has 6 nitrogen and oxygen atoms in total. The molecule has 0 N–H and O–H groups in total. The molecule has 2 aromatic rings. The van der Waals surface area contributed by atoms with Crippen LogP contribution in [0.4, 0.5) is 0 Å². The second-order valence-corrected chi connectivity index (χ2v) is 6.29. The number of pyridine rings is 1. The smallest absolute Gasteiger partial charge is 0.197 e. The molecular weight excluding hydrogens is 325 g/mol. The largest absolute Gasteiger partial charge is 0.748 e. The summed E-state index contributed by atoms with van der Waals surface area (Å²) in [4.78, 5) is 4.10. The third kappa shape index (κ3) is 4.11. The summed E-state index contributed by atoms with van der Waals surface area (Å²) in [5, 5.41) is 4.82. The van der Waals surface area contributed by atoms with Gasteiger partial charge in [0, 0.05) is 17.8 Å². The molecule has 2 aromatic heterocycles. The van der Waals surface area contributed by atoms with Crippen LogP contribution in [0, 0.1) is 0 Å². The standard InChI is InChI=1S/C11H9Cl2N3O3S/c12-9-5-10(13)11(14-7-9)8-1-2-16(15-6-8)3-4-20(17,18)19/h1-2,5-7H,3-4H2. The lowest BCUT2D eigenvalue weighted by Gasteiger charge is -2.04. The minimum absolute atomic E-state index is 0.00606. The van der Waals surface area contributed by atoms with E-state index in [1.807, 2.05) is 0 Å². The van der Waals surface area contributed by atoms with Crippen LogP contribution in [0.3, 0.4) is 0 Å². The highest BCUT2D eigenvalue weighted by atomic mass is 35.5. The summed E-state index contributed by atoms with van der Waals surface area (Å²) in [6.45, 7) is -0.00606. The fraction of sp³-hybridized carbons (Fsp3) is 0.182. The fourth-order valence-electron chi connectivity index (χ4n) is 1.49. The highest BCUT2D eigenvalue weighted by molar-refractivity contribution is 7.85. The average Bonchev–Trinajstić information content (AvgIpc) is 2.36. The molecule has 106 valence electrons. The van der Waals surface area contributed by atoms with Crippen molar-refractivity contribution in [1.82, 2.24) is 10.1 Å². The van der Waals surface area contributed by atoms with E-state index in [1.54, 1.807) is 18.3 Å². The Bertz CT molecular complexity index is 720. The van der Waals surface area contributed by atoms with Crippen molar-refractivity contribution in [2.75, 3.05) is 5.75 Å². The monoisotopic (exact) mass is 333 g/mol. The van der Waals surface area contributed by atoms with E-state index in [9.17, 15) is 13.0 Å². The summed E-state index contributed by atoms with van der Waals surface area (Å²) in [6.07, 6.45) is 4.50. The molecule has 0 unspecified atom stereocenters. The summed E-state index contributed by atoms with van der Waals surface area (Å²) in [6, 6.07) is 3.24. The topological polar surface area (TPSA) is 86.9 Å². The third-order valence-corrected chi connectivity index (χ3v) is 3.60. The molecule has 0 aliphatic heterocycles. The number of aryl methyl sites for hydroxylation is 1. The lowest BCUT2D eigenvalue weighted by Crippen LogP contribution is -2.40. The summed E-state index contributed by atoms with van der Waals surface area (Å²) in [7, 11) is -4.26. The number of rotatable bonds is 4. The highest BCUT2D eigenvalue weighted by Crippen LogP contribution is 2.26. The van der Waals surface area contributed by atoms with Crippen LogP contribution in [-0.4, -0.2) is 28.8 Å². The van der Waals surface area contributed by atoms with Crippen LogP contribution in [0.1, 0.15) is 0 Å². The van der Waals surface area contributed by atoms with Gasteiger partial charge in [-0.25, -0.2) is 8.42 Å². The van der Waals surface area contributed by atoms with E-state index in [-0.39, 0.29) is 6.54 Å². The molecule has 0 fully saturated rings. The average molecular weight is 334 g/mol. The SMILES string of the molecule is O=S(=O)([O-])CC[n+]1ccc(-c2ncc(Cl)cc2Cl)cn1. The van der Waals surface area contributed by atoms with E-state index in [2.05, 4.69) is 10.1 Å². The molecule has 0 spiro atoms. The Kier molecular flexibility index (Phi) is 4.54. The van der Waals surface area contributed by atoms with E-state index in [0.717, 1.165) is 0 Å². The quantitative estimate of drug-likeness (QED) is 0.621. The first-order valence-electron chi connectivity index (χ1n) is 5.46. The molecule has 0 bridgehead atoms. The van der Waals surface area contributed by atoms with Crippen molar-refractivity contribution in [1.29, 1.82) is 0 Å². The lowest BCUT2D eigenvalue weighted by atomic mass is 10.2. The number of aromatic nitrogens is 3. The number of hydrogen-bond donors (Lipinski definition) is 0. The Hall–Kier alpha value is -1.28. The van der Waals surface area contributed by atoms with Gasteiger partial charge in [-0.15, -0.1) is 0 Å². The Morgan fingerprint density at radius 3 is 2.60 bits per heavy atom. The van der Waals surface area contributed by atoms with Gasteiger partial charge in [-0.2, -0.15) is 0 Å². The predicted octanol–water partition coefficient (Wildman–Crippen LogP) is 1.28. The molecule has 2 heterocycles. The van der Waals surface area contributed by atoms with Gasteiger partial charge in [0.2, 0.25) is 0 Å². The molecule has 0 saturated carbocycles. The van der Waals surface area contributed by atoms with Crippen LogP contribution in [-0.2, 0) is 16.7 Å². The zero-order valence-corrected chi connectivity index (χ0v) is 12.4. The summed E-state index contributed by atoms with van der Waals surface area (Å²) < 4.78 is 32.9. The van der Waals surface area contributed by atoms with Crippen LogP contribution in [0.5, 0.6) is 0 Å².